The summed E-state index contributed by atoms with van der Waals surface area (Å²) in [6.45, 7) is 4.72. The maximum Gasteiger partial charge on any atom is 0.251 e. The van der Waals surface area contributed by atoms with Gasteiger partial charge in [-0.3, -0.25) is 14.5 Å². The lowest BCUT2D eigenvalue weighted by Gasteiger charge is -2.27. The van der Waals surface area contributed by atoms with Gasteiger partial charge >= 0.3 is 0 Å². The number of amides is 2. The molecule has 0 spiro atoms. The highest BCUT2D eigenvalue weighted by Gasteiger charge is 2.22. The molecule has 7 heteroatoms. The minimum absolute atomic E-state index is 0.152. The average molecular weight is 387 g/mol. The van der Waals surface area contributed by atoms with Gasteiger partial charge in [0.1, 0.15) is 5.00 Å². The lowest BCUT2D eigenvalue weighted by molar-refractivity contribution is -0.120. The van der Waals surface area contributed by atoms with E-state index in [9.17, 15) is 9.59 Å². The number of nitrogens with one attached hydrogen (secondary N) is 1. The third-order valence-corrected chi connectivity index (χ3v) is 5.90. The van der Waals surface area contributed by atoms with Gasteiger partial charge in [-0.1, -0.05) is 18.2 Å². The summed E-state index contributed by atoms with van der Waals surface area (Å²) in [6, 6.07) is 9.67. The predicted molar refractivity (Wildman–Crippen MR) is 110 cm³/mol. The Hall–Kier alpha value is -2.38. The molecule has 3 N–H and O–H groups in total. The van der Waals surface area contributed by atoms with E-state index in [4.69, 9.17) is 5.73 Å². The van der Waals surface area contributed by atoms with Crippen LogP contribution in [0, 0.1) is 0 Å². The number of para-hydroxylation sites is 1. The number of likely N-dealkylation sites (N-methyl/N-ethyl adjacent to an activating group) is 1. The number of nitrogens with two attached hydrogens (primary N) is 1. The van der Waals surface area contributed by atoms with Crippen LogP contribution in [0.3, 0.4) is 0 Å². The number of hydrogen-bond donors (Lipinski definition) is 2. The summed E-state index contributed by atoms with van der Waals surface area (Å²) >= 11 is 1.30. The first kappa shape index (κ1) is 19.4. The van der Waals surface area contributed by atoms with Gasteiger partial charge in [-0.15, -0.1) is 11.3 Å². The molecule has 1 aromatic carbocycles. The van der Waals surface area contributed by atoms with Crippen LogP contribution in [0.4, 0.5) is 10.7 Å². The molecule has 1 fully saturated rings. The number of carbonyl (C=O) groups excluding carboxylic acids is 2. The van der Waals surface area contributed by atoms with Gasteiger partial charge in [0.2, 0.25) is 5.91 Å². The van der Waals surface area contributed by atoms with Crippen molar-refractivity contribution < 1.29 is 9.59 Å². The van der Waals surface area contributed by atoms with Gasteiger partial charge in [-0.05, 0) is 49.9 Å². The van der Waals surface area contributed by atoms with Crippen LogP contribution in [0.5, 0.6) is 0 Å². The maximum atomic E-state index is 12.6. The molecular formula is C20H26N4O2S. The van der Waals surface area contributed by atoms with Crippen molar-refractivity contribution in [1.82, 2.24) is 4.90 Å². The topological polar surface area (TPSA) is 78.7 Å². The maximum absolute atomic E-state index is 12.6. The van der Waals surface area contributed by atoms with Crippen LogP contribution in [0.1, 0.15) is 35.7 Å². The van der Waals surface area contributed by atoms with E-state index in [-0.39, 0.29) is 11.9 Å². The number of anilines is 2. The van der Waals surface area contributed by atoms with Gasteiger partial charge in [0, 0.05) is 25.3 Å². The van der Waals surface area contributed by atoms with Crippen LogP contribution in [0.25, 0.3) is 0 Å². The molecule has 3 rings (SSSR count). The van der Waals surface area contributed by atoms with Crippen molar-refractivity contribution in [3.8, 4) is 0 Å². The van der Waals surface area contributed by atoms with Crippen molar-refractivity contribution in [3.63, 3.8) is 0 Å². The molecule has 0 aliphatic carbocycles. The fourth-order valence-corrected chi connectivity index (χ4v) is 4.13. The number of carbonyl (C=O) groups is 2. The van der Waals surface area contributed by atoms with Gasteiger partial charge in [0.25, 0.3) is 5.91 Å². The van der Waals surface area contributed by atoms with Crippen molar-refractivity contribution in [2.75, 3.05) is 30.4 Å². The van der Waals surface area contributed by atoms with Crippen LogP contribution < -0.4 is 16.0 Å². The first-order chi connectivity index (χ1) is 13.0. The molecule has 2 heterocycles. The van der Waals surface area contributed by atoms with E-state index in [1.807, 2.05) is 24.9 Å². The molecule has 2 amide bonds. The van der Waals surface area contributed by atoms with E-state index in [0.717, 1.165) is 13.1 Å². The smallest absolute Gasteiger partial charge is 0.251 e. The van der Waals surface area contributed by atoms with Gasteiger partial charge in [-0.25, -0.2) is 0 Å². The van der Waals surface area contributed by atoms with Gasteiger partial charge in [-0.2, -0.15) is 0 Å². The Balaban J connectivity index is 1.67. The third-order valence-electron chi connectivity index (χ3n) is 5.07. The monoisotopic (exact) mass is 386 g/mol. The molecule has 0 saturated carbocycles. The number of benzene rings is 1. The molecule has 1 aliphatic heterocycles. The van der Waals surface area contributed by atoms with Crippen molar-refractivity contribution >= 4 is 33.8 Å². The Bertz CT molecular complexity index is 814. The highest BCUT2D eigenvalue weighted by atomic mass is 32.1. The number of primary amides is 1. The van der Waals surface area contributed by atoms with Crippen LogP contribution in [-0.4, -0.2) is 42.9 Å². The second-order valence-electron chi connectivity index (χ2n) is 6.93. The Labute approximate surface area is 164 Å². The second kappa shape index (κ2) is 8.54. The fraction of sp³-hybridized carbons (Fsp3) is 0.400. The summed E-state index contributed by atoms with van der Waals surface area (Å²) < 4.78 is 0. The molecule has 6 nitrogen and oxygen atoms in total. The minimum Gasteiger partial charge on any atom is -0.371 e. The molecule has 1 aliphatic rings. The molecular weight excluding hydrogens is 360 g/mol. The first-order valence-electron chi connectivity index (χ1n) is 9.18. The molecule has 144 valence electrons. The lowest BCUT2D eigenvalue weighted by atomic mass is 10.1. The summed E-state index contributed by atoms with van der Waals surface area (Å²) in [5.74, 6) is -0.687. The van der Waals surface area contributed by atoms with E-state index in [2.05, 4.69) is 28.4 Å². The zero-order chi connectivity index (χ0) is 19.4. The molecule has 1 atom stereocenters. The summed E-state index contributed by atoms with van der Waals surface area (Å²) in [5, 5.41) is 5.09. The Kier molecular flexibility index (Phi) is 6.13. The Morgan fingerprint density at radius 3 is 2.67 bits per heavy atom. The molecule has 1 saturated heterocycles. The summed E-state index contributed by atoms with van der Waals surface area (Å²) in [5.41, 5.74) is 8.17. The van der Waals surface area contributed by atoms with Crippen LogP contribution in [0.2, 0.25) is 0 Å². The fourth-order valence-electron chi connectivity index (χ4n) is 3.33. The van der Waals surface area contributed by atoms with Crippen LogP contribution in [-0.2, 0) is 11.3 Å². The standard InChI is InChI=1S/C20H26N4O2S/c1-14(19(26)22-20-16(18(21)25)9-12-27-20)23(2)13-15-7-3-4-8-17(15)24-10-5-6-11-24/h3-4,7-9,12,14H,5-6,10-11,13H2,1-2H3,(H2,21,25)(H,22,26)/t14-/m0/s1. The number of thiophene rings is 1. The zero-order valence-electron chi connectivity index (χ0n) is 15.8. The van der Waals surface area contributed by atoms with Gasteiger partial charge in [0.05, 0.1) is 11.6 Å². The van der Waals surface area contributed by atoms with Crippen LogP contribution >= 0.6 is 11.3 Å². The third kappa shape index (κ3) is 4.48. The summed E-state index contributed by atoms with van der Waals surface area (Å²) in [6.07, 6.45) is 2.46. The zero-order valence-corrected chi connectivity index (χ0v) is 16.6. The first-order valence-corrected chi connectivity index (χ1v) is 10.1. The minimum atomic E-state index is -0.535. The van der Waals surface area contributed by atoms with Crippen molar-refractivity contribution in [2.24, 2.45) is 5.73 Å². The lowest BCUT2D eigenvalue weighted by Crippen LogP contribution is -2.39. The summed E-state index contributed by atoms with van der Waals surface area (Å²) in [4.78, 5) is 28.5. The van der Waals surface area contributed by atoms with E-state index < -0.39 is 5.91 Å². The second-order valence-corrected chi connectivity index (χ2v) is 7.85. The molecule has 1 aromatic heterocycles. The Morgan fingerprint density at radius 1 is 1.26 bits per heavy atom. The summed E-state index contributed by atoms with van der Waals surface area (Å²) in [7, 11) is 1.94. The quantitative estimate of drug-likeness (QED) is 0.767. The van der Waals surface area contributed by atoms with Crippen molar-refractivity contribution in [1.29, 1.82) is 0 Å². The number of rotatable bonds is 7. The van der Waals surface area contributed by atoms with E-state index in [1.54, 1.807) is 11.4 Å². The molecule has 0 radical (unpaired) electrons. The molecule has 27 heavy (non-hydrogen) atoms. The highest BCUT2D eigenvalue weighted by molar-refractivity contribution is 7.14. The Morgan fingerprint density at radius 2 is 1.96 bits per heavy atom. The molecule has 2 aromatic rings. The van der Waals surface area contributed by atoms with Gasteiger partial charge in [0.15, 0.2) is 0 Å². The average Bonchev–Trinajstić information content (AvgIpc) is 3.33. The van der Waals surface area contributed by atoms with E-state index in [1.165, 1.54) is 35.4 Å². The normalized spacial score (nSPS) is 15.1. The van der Waals surface area contributed by atoms with Crippen LogP contribution in [0.15, 0.2) is 35.7 Å². The predicted octanol–water partition coefficient (Wildman–Crippen LogP) is 2.91. The largest absolute Gasteiger partial charge is 0.371 e. The number of hydrogen-bond acceptors (Lipinski definition) is 5. The number of nitrogens with zero attached hydrogens (tertiary/aromatic N) is 2. The van der Waals surface area contributed by atoms with Crippen molar-refractivity contribution in [3.05, 3.63) is 46.8 Å². The van der Waals surface area contributed by atoms with Crippen molar-refractivity contribution in [2.45, 2.75) is 32.4 Å². The van der Waals surface area contributed by atoms with Gasteiger partial charge < -0.3 is 16.0 Å². The highest BCUT2D eigenvalue weighted by Crippen LogP contribution is 2.26. The molecule has 0 unspecified atom stereocenters. The van der Waals surface area contributed by atoms with E-state index in [0.29, 0.717) is 17.1 Å². The molecule has 0 bridgehead atoms. The van der Waals surface area contributed by atoms with E-state index >= 15 is 0 Å². The SMILES string of the molecule is C[C@@H](C(=O)Nc1sccc1C(N)=O)N(C)Cc1ccccc1N1CCCC1.